The van der Waals surface area contributed by atoms with E-state index in [2.05, 4.69) is 26.6 Å². The number of esters is 1. The normalized spacial score (nSPS) is 14.6. The summed E-state index contributed by atoms with van der Waals surface area (Å²) in [5.74, 6) is 0.0831. The maximum atomic E-state index is 13.3. The number of aromatic nitrogens is 3. The summed E-state index contributed by atoms with van der Waals surface area (Å²) in [4.78, 5) is 24.8. The Morgan fingerprint density at radius 1 is 0.939 bits per heavy atom. The van der Waals surface area contributed by atoms with Crippen molar-refractivity contribution in [2.24, 2.45) is 0 Å². The number of ether oxygens (including phenoxy) is 2. The molecule has 0 amide bonds. The van der Waals surface area contributed by atoms with Crippen molar-refractivity contribution in [1.82, 2.24) is 15.0 Å². The number of rotatable bonds is 2. The summed E-state index contributed by atoms with van der Waals surface area (Å²) in [5, 5.41) is 23.0. The number of nitrogens with one attached hydrogen (secondary N) is 1. The first kappa shape index (κ1) is 19.3. The largest absolute Gasteiger partial charge is 0.508 e. The molecule has 0 fully saturated rings. The van der Waals surface area contributed by atoms with Crippen LogP contribution in [-0.4, -0.2) is 31.1 Å². The number of phenolic OH excluding ortho intramolecular Hbond substituents is 2. The van der Waals surface area contributed by atoms with E-state index in [-0.39, 0.29) is 28.3 Å². The Hall–Kier alpha value is -4.37. The van der Waals surface area contributed by atoms with Crippen molar-refractivity contribution in [2.45, 2.75) is 5.60 Å². The van der Waals surface area contributed by atoms with Crippen molar-refractivity contribution in [3.05, 3.63) is 88.5 Å². The van der Waals surface area contributed by atoms with Crippen LogP contribution in [0.2, 0.25) is 5.28 Å². The van der Waals surface area contributed by atoms with Crippen LogP contribution in [0.15, 0.2) is 54.6 Å². The van der Waals surface area contributed by atoms with Gasteiger partial charge in [-0.05, 0) is 41.9 Å². The van der Waals surface area contributed by atoms with E-state index in [4.69, 9.17) is 21.1 Å². The number of hydrogen-bond donors (Lipinski definition) is 3. The van der Waals surface area contributed by atoms with Crippen molar-refractivity contribution in [2.75, 3.05) is 5.32 Å². The number of nitrogens with zero attached hydrogens (tertiary/aromatic N) is 3. The molecule has 0 unspecified atom stereocenters. The zero-order valence-electron chi connectivity index (χ0n) is 16.5. The van der Waals surface area contributed by atoms with Gasteiger partial charge in [0.2, 0.25) is 17.6 Å². The number of benzene rings is 3. The fourth-order valence-electron chi connectivity index (χ4n) is 4.28. The number of carbonyl (C=O) groups excluding carboxylic acids is 1. The third kappa shape index (κ3) is 2.79. The third-order valence-electron chi connectivity index (χ3n) is 5.55. The molecule has 1 radical (unpaired) electrons. The number of hydrogen-bond acceptors (Lipinski definition) is 9. The van der Waals surface area contributed by atoms with Crippen LogP contribution in [-0.2, 0) is 10.3 Å². The molecule has 6 rings (SSSR count). The molecule has 2 aliphatic rings. The fourth-order valence-corrected chi connectivity index (χ4v) is 4.40. The summed E-state index contributed by atoms with van der Waals surface area (Å²) in [7, 11) is 0. The van der Waals surface area contributed by atoms with E-state index in [9.17, 15) is 15.0 Å². The minimum atomic E-state index is -1.36. The lowest BCUT2D eigenvalue weighted by Crippen LogP contribution is -2.32. The van der Waals surface area contributed by atoms with E-state index in [1.807, 2.05) is 0 Å². The van der Waals surface area contributed by atoms with E-state index >= 15 is 0 Å². The zero-order chi connectivity index (χ0) is 22.7. The second kappa shape index (κ2) is 6.81. The van der Waals surface area contributed by atoms with Gasteiger partial charge >= 0.3 is 5.97 Å². The van der Waals surface area contributed by atoms with E-state index in [0.717, 1.165) is 0 Å². The predicted molar refractivity (Wildman–Crippen MR) is 115 cm³/mol. The molecule has 3 N–H and O–H groups in total. The molecule has 161 valence electrons. The van der Waals surface area contributed by atoms with Crippen LogP contribution in [0.3, 0.4) is 0 Å². The van der Waals surface area contributed by atoms with E-state index < -0.39 is 11.6 Å². The molecule has 33 heavy (non-hydrogen) atoms. The Morgan fingerprint density at radius 2 is 1.64 bits per heavy atom. The van der Waals surface area contributed by atoms with Gasteiger partial charge in [0, 0.05) is 28.8 Å². The van der Waals surface area contributed by atoms with Crippen molar-refractivity contribution in [1.29, 1.82) is 0 Å². The average molecular weight is 460 g/mol. The molecular formula is C23H12ClN4O5. The standard InChI is InChI=1S/C23H12ClN4O5/c24-21-25-10-26-22(28-21)27-16-3-1-2-15-19(16)20(31)33-23(15)13-6-4-11(29)8-17(13)32-18-9-12(30)5-7-14(18)23/h1-9,29-30H,(H,25,26,27,28). The van der Waals surface area contributed by atoms with E-state index in [1.54, 1.807) is 30.3 Å². The molecular weight excluding hydrogens is 448 g/mol. The number of halogens is 1. The number of carbonyl (C=O) groups is 1. The highest BCUT2D eigenvalue weighted by atomic mass is 35.5. The number of phenols is 2. The maximum absolute atomic E-state index is 13.3. The molecule has 3 heterocycles. The Morgan fingerprint density at radius 3 is 2.30 bits per heavy atom. The van der Waals surface area contributed by atoms with Gasteiger partial charge < -0.3 is 25.0 Å². The second-order valence-corrected chi connectivity index (χ2v) is 7.75. The molecule has 0 aliphatic carbocycles. The summed E-state index contributed by atoms with van der Waals surface area (Å²) in [6.45, 7) is 0. The summed E-state index contributed by atoms with van der Waals surface area (Å²) in [6.07, 6.45) is 2.38. The van der Waals surface area contributed by atoms with Gasteiger partial charge in [0.15, 0.2) is 5.60 Å². The molecule has 10 heteroatoms. The lowest BCUT2D eigenvalue weighted by Gasteiger charge is -2.36. The molecule has 1 aromatic heterocycles. The first-order chi connectivity index (χ1) is 16.0. The van der Waals surface area contributed by atoms with Crippen molar-refractivity contribution < 1.29 is 24.5 Å². The van der Waals surface area contributed by atoms with Crippen molar-refractivity contribution in [3.63, 3.8) is 0 Å². The summed E-state index contributed by atoms with van der Waals surface area (Å²) >= 11 is 5.83. The highest BCUT2D eigenvalue weighted by Crippen LogP contribution is 2.57. The number of aromatic hydroxyl groups is 2. The van der Waals surface area contributed by atoms with Crippen LogP contribution in [0, 0.1) is 6.33 Å². The maximum Gasteiger partial charge on any atom is 0.342 e. The summed E-state index contributed by atoms with van der Waals surface area (Å²) in [5.41, 5.74) is 0.908. The molecule has 0 saturated carbocycles. The van der Waals surface area contributed by atoms with Crippen LogP contribution in [0.5, 0.6) is 23.0 Å². The lowest BCUT2D eigenvalue weighted by atomic mass is 9.77. The molecule has 2 aliphatic heterocycles. The summed E-state index contributed by atoms with van der Waals surface area (Å²) in [6, 6.07) is 14.3. The van der Waals surface area contributed by atoms with Crippen molar-refractivity contribution >= 4 is 29.2 Å². The molecule has 1 spiro atoms. The minimum absolute atomic E-state index is 0.0181. The topological polar surface area (TPSA) is 127 Å². The Balaban J connectivity index is 1.60. The van der Waals surface area contributed by atoms with Crippen molar-refractivity contribution in [3.8, 4) is 23.0 Å². The van der Waals surface area contributed by atoms with Crippen LogP contribution < -0.4 is 10.1 Å². The number of anilines is 2. The first-order valence-corrected chi connectivity index (χ1v) is 10.1. The Labute approximate surface area is 191 Å². The van der Waals surface area contributed by atoms with Crippen LogP contribution in [0.4, 0.5) is 11.6 Å². The molecule has 4 aromatic rings. The van der Waals surface area contributed by atoms with Gasteiger partial charge in [-0.1, -0.05) is 12.1 Å². The Bertz CT molecular complexity index is 1420. The van der Waals surface area contributed by atoms with Gasteiger partial charge in [0.05, 0.1) is 11.3 Å². The van der Waals surface area contributed by atoms with Crippen LogP contribution >= 0.6 is 11.6 Å². The quantitative estimate of drug-likeness (QED) is 0.380. The first-order valence-electron chi connectivity index (χ1n) is 9.72. The molecule has 0 bridgehead atoms. The molecule has 9 nitrogen and oxygen atoms in total. The lowest BCUT2D eigenvalue weighted by molar-refractivity contribution is 0.0224. The van der Waals surface area contributed by atoms with Gasteiger partial charge in [-0.15, -0.1) is 0 Å². The predicted octanol–water partition coefficient (Wildman–Crippen LogP) is 4.05. The Kier molecular flexibility index (Phi) is 3.99. The highest BCUT2D eigenvalue weighted by Gasteiger charge is 2.54. The van der Waals surface area contributed by atoms with Crippen LogP contribution in [0.25, 0.3) is 0 Å². The smallest absolute Gasteiger partial charge is 0.342 e. The van der Waals surface area contributed by atoms with E-state index in [1.165, 1.54) is 24.3 Å². The third-order valence-corrected chi connectivity index (χ3v) is 5.71. The summed E-state index contributed by atoms with van der Waals surface area (Å²) < 4.78 is 12.0. The van der Waals surface area contributed by atoms with Gasteiger partial charge in [0.25, 0.3) is 0 Å². The van der Waals surface area contributed by atoms with Gasteiger partial charge in [-0.2, -0.15) is 15.0 Å². The van der Waals surface area contributed by atoms with E-state index in [0.29, 0.717) is 33.9 Å². The monoisotopic (exact) mass is 459 g/mol. The van der Waals surface area contributed by atoms with Gasteiger partial charge in [-0.3, -0.25) is 0 Å². The number of fused-ring (bicyclic) bond motifs is 6. The minimum Gasteiger partial charge on any atom is -0.508 e. The second-order valence-electron chi connectivity index (χ2n) is 7.41. The van der Waals surface area contributed by atoms with Gasteiger partial charge in [-0.25, -0.2) is 4.79 Å². The molecule has 0 saturated heterocycles. The van der Waals surface area contributed by atoms with Crippen LogP contribution in [0.1, 0.15) is 27.0 Å². The molecule has 3 aromatic carbocycles. The molecule has 0 atom stereocenters. The SMILES string of the molecule is O=C1OC2(c3ccc(O)cc3Oc3cc(O)ccc32)c2cccc(Nc3n[c]nc(Cl)n3)c21. The zero-order valence-corrected chi connectivity index (χ0v) is 17.3. The average Bonchev–Trinajstić information content (AvgIpc) is 3.07. The highest BCUT2D eigenvalue weighted by molar-refractivity contribution is 6.28. The fraction of sp³-hybridized carbons (Fsp3) is 0.0435. The van der Waals surface area contributed by atoms with Gasteiger partial charge in [0.1, 0.15) is 23.0 Å².